The number of hydrogen-bond acceptors (Lipinski definition) is 10. The molecular formula is C34H54N8O9. The van der Waals surface area contributed by atoms with E-state index in [1.807, 2.05) is 0 Å². The number of benzene rings is 1. The molecule has 2 rings (SSSR count). The lowest BCUT2D eigenvalue weighted by Gasteiger charge is -2.28. The lowest BCUT2D eigenvalue weighted by molar-refractivity contribution is -0.142. The van der Waals surface area contributed by atoms with E-state index in [-0.39, 0.29) is 18.7 Å². The first-order valence-electron chi connectivity index (χ1n) is 17.3. The SMILES string of the molecule is CC(C)[C@H](NC(=O)[C@H](C)NC(=O)[C@@H](NC(=O)CNC(=O)[C@@H]1CCCN1)[C@@H](C)O)C(=O)N[C@@H](Cc1ccccc1)C(=O)N[C@@H](CCCCN)C(=O)O. The predicted octanol–water partition coefficient (Wildman–Crippen LogP) is -2.21. The smallest absolute Gasteiger partial charge is 0.326 e. The lowest BCUT2D eigenvalue weighted by atomic mass is 10.00. The summed E-state index contributed by atoms with van der Waals surface area (Å²) < 4.78 is 0. The van der Waals surface area contributed by atoms with Crippen molar-refractivity contribution in [3.8, 4) is 0 Å². The van der Waals surface area contributed by atoms with E-state index in [0.29, 0.717) is 37.9 Å². The summed E-state index contributed by atoms with van der Waals surface area (Å²) in [5.41, 5.74) is 6.21. The number of hydrogen-bond donors (Lipinski definition) is 10. The number of unbranched alkanes of at least 4 members (excludes halogenated alkanes) is 1. The molecule has 1 aliphatic heterocycles. The van der Waals surface area contributed by atoms with E-state index in [2.05, 4.69) is 37.2 Å². The summed E-state index contributed by atoms with van der Waals surface area (Å²) in [6.45, 7) is 6.59. The van der Waals surface area contributed by atoms with Crippen molar-refractivity contribution in [2.75, 3.05) is 19.6 Å². The Bertz CT molecular complexity index is 1340. The number of rotatable bonds is 21. The van der Waals surface area contributed by atoms with E-state index in [1.54, 1.807) is 44.2 Å². The van der Waals surface area contributed by atoms with Crippen LogP contribution in [0.5, 0.6) is 0 Å². The molecule has 1 aliphatic rings. The highest BCUT2D eigenvalue weighted by atomic mass is 16.4. The lowest BCUT2D eigenvalue weighted by Crippen LogP contribution is -2.60. The second-order valence-corrected chi connectivity index (χ2v) is 13.0. The quantitative estimate of drug-likeness (QED) is 0.0609. The average molecular weight is 719 g/mol. The molecule has 0 radical (unpaired) electrons. The average Bonchev–Trinajstić information content (AvgIpc) is 3.63. The summed E-state index contributed by atoms with van der Waals surface area (Å²) in [7, 11) is 0. The fourth-order valence-corrected chi connectivity index (χ4v) is 5.35. The number of amides is 6. The van der Waals surface area contributed by atoms with Gasteiger partial charge >= 0.3 is 5.97 Å². The van der Waals surface area contributed by atoms with E-state index >= 15 is 0 Å². The predicted molar refractivity (Wildman–Crippen MR) is 187 cm³/mol. The van der Waals surface area contributed by atoms with Crippen molar-refractivity contribution in [3.63, 3.8) is 0 Å². The molecule has 0 aliphatic carbocycles. The number of carboxylic acid groups (broad SMARTS) is 1. The monoisotopic (exact) mass is 718 g/mol. The van der Waals surface area contributed by atoms with Gasteiger partial charge in [-0.1, -0.05) is 44.2 Å². The molecule has 6 amide bonds. The van der Waals surface area contributed by atoms with Gasteiger partial charge in [0.2, 0.25) is 35.4 Å². The highest BCUT2D eigenvalue weighted by molar-refractivity contribution is 5.96. The molecule has 0 aromatic heterocycles. The molecule has 284 valence electrons. The summed E-state index contributed by atoms with van der Waals surface area (Å²) in [5, 5.41) is 37.9. The summed E-state index contributed by atoms with van der Waals surface area (Å²) in [5.74, 6) is -5.88. The Morgan fingerprint density at radius 2 is 1.47 bits per heavy atom. The van der Waals surface area contributed by atoms with Gasteiger partial charge in [-0.05, 0) is 70.5 Å². The van der Waals surface area contributed by atoms with Crippen LogP contribution < -0.4 is 43.0 Å². The van der Waals surface area contributed by atoms with Crippen LogP contribution in [0.25, 0.3) is 0 Å². The number of aliphatic hydroxyl groups excluding tert-OH is 1. The zero-order chi connectivity index (χ0) is 38.1. The Hall–Kier alpha value is -4.61. The van der Waals surface area contributed by atoms with Gasteiger partial charge in [0.25, 0.3) is 0 Å². The number of aliphatic carboxylic acids is 1. The highest BCUT2D eigenvalue weighted by Crippen LogP contribution is 2.09. The Balaban J connectivity index is 2.07. The molecule has 1 heterocycles. The van der Waals surface area contributed by atoms with Gasteiger partial charge in [-0.3, -0.25) is 28.8 Å². The van der Waals surface area contributed by atoms with Crippen LogP contribution in [0.4, 0.5) is 0 Å². The third-order valence-corrected chi connectivity index (χ3v) is 8.36. The molecule has 51 heavy (non-hydrogen) atoms. The van der Waals surface area contributed by atoms with Gasteiger partial charge < -0.3 is 53.2 Å². The van der Waals surface area contributed by atoms with Crippen molar-refractivity contribution in [3.05, 3.63) is 35.9 Å². The summed E-state index contributed by atoms with van der Waals surface area (Å²) in [6.07, 6.45) is 1.34. The van der Waals surface area contributed by atoms with Gasteiger partial charge in [0, 0.05) is 6.42 Å². The maximum atomic E-state index is 13.6. The maximum absolute atomic E-state index is 13.6. The number of carboxylic acids is 1. The third kappa shape index (κ3) is 14.6. The number of aliphatic hydroxyl groups is 1. The van der Waals surface area contributed by atoms with Crippen molar-refractivity contribution < 1.29 is 43.8 Å². The number of carbonyl (C=O) groups is 7. The minimum atomic E-state index is -1.46. The molecular weight excluding hydrogens is 664 g/mol. The summed E-state index contributed by atoms with van der Waals surface area (Å²) >= 11 is 0. The molecule has 0 bridgehead atoms. The van der Waals surface area contributed by atoms with E-state index in [0.717, 1.165) is 6.42 Å². The molecule has 1 fully saturated rings. The second-order valence-electron chi connectivity index (χ2n) is 13.0. The minimum absolute atomic E-state index is 0.0341. The van der Waals surface area contributed by atoms with Crippen molar-refractivity contribution >= 4 is 41.4 Å². The number of nitrogens with one attached hydrogen (secondary N) is 7. The Labute approximate surface area is 298 Å². The Kier molecular flexibility index (Phi) is 18.0. The maximum Gasteiger partial charge on any atom is 0.326 e. The number of carbonyl (C=O) groups excluding carboxylic acids is 6. The van der Waals surface area contributed by atoms with Gasteiger partial charge in [0.15, 0.2) is 0 Å². The molecule has 17 nitrogen and oxygen atoms in total. The van der Waals surface area contributed by atoms with Crippen LogP contribution in [0.2, 0.25) is 0 Å². The first-order chi connectivity index (χ1) is 24.1. The molecule has 1 aromatic rings. The summed E-state index contributed by atoms with van der Waals surface area (Å²) in [6, 6.07) is 2.14. The van der Waals surface area contributed by atoms with Gasteiger partial charge in [-0.15, -0.1) is 0 Å². The van der Waals surface area contributed by atoms with Crippen molar-refractivity contribution in [2.24, 2.45) is 11.7 Å². The van der Waals surface area contributed by atoms with Crippen molar-refractivity contribution in [2.45, 2.75) is 109 Å². The molecule has 1 saturated heterocycles. The van der Waals surface area contributed by atoms with Crippen LogP contribution in [0.3, 0.4) is 0 Å². The van der Waals surface area contributed by atoms with Crippen LogP contribution in [0.1, 0.15) is 65.4 Å². The second kappa shape index (κ2) is 21.6. The Morgan fingerprint density at radius 1 is 0.824 bits per heavy atom. The zero-order valence-electron chi connectivity index (χ0n) is 29.7. The van der Waals surface area contributed by atoms with Crippen LogP contribution in [-0.2, 0) is 40.0 Å². The van der Waals surface area contributed by atoms with Gasteiger partial charge in [0.05, 0.1) is 18.7 Å². The molecule has 0 spiro atoms. The van der Waals surface area contributed by atoms with E-state index < -0.39 is 90.3 Å². The van der Waals surface area contributed by atoms with Crippen LogP contribution in [-0.4, -0.2) is 114 Å². The van der Waals surface area contributed by atoms with E-state index in [9.17, 15) is 43.8 Å². The van der Waals surface area contributed by atoms with Crippen molar-refractivity contribution in [1.82, 2.24) is 37.2 Å². The van der Waals surface area contributed by atoms with Gasteiger partial charge in [-0.25, -0.2) is 4.79 Å². The first kappa shape index (κ1) is 42.6. The standard InChI is InChI=1S/C34H54N8O9/c1-19(2)27(32(48)40-25(17-22-11-6-5-7-12-22)31(47)39-24(34(50)51)13-8-9-15-35)42-29(45)20(3)38-33(49)28(21(4)43)41-26(44)18-37-30(46)23-14-10-16-36-23/h5-7,11-12,19-21,23-25,27-28,36,43H,8-10,13-18,35H2,1-4H3,(H,37,46)(H,38,49)(H,39,47)(H,40,48)(H,41,44)(H,42,45)(H,50,51)/t20-,21+,23-,24-,25-,27-,28-/m0/s1. The Morgan fingerprint density at radius 3 is 2.04 bits per heavy atom. The molecule has 11 N–H and O–H groups in total. The fourth-order valence-electron chi connectivity index (χ4n) is 5.35. The molecule has 0 unspecified atom stereocenters. The first-order valence-corrected chi connectivity index (χ1v) is 17.3. The zero-order valence-corrected chi connectivity index (χ0v) is 29.7. The fraction of sp³-hybridized carbons (Fsp3) is 0.618. The van der Waals surface area contributed by atoms with Crippen molar-refractivity contribution in [1.29, 1.82) is 0 Å². The molecule has 0 saturated carbocycles. The third-order valence-electron chi connectivity index (χ3n) is 8.36. The van der Waals surface area contributed by atoms with Crippen LogP contribution >= 0.6 is 0 Å². The topological polar surface area (TPSA) is 270 Å². The van der Waals surface area contributed by atoms with Crippen LogP contribution in [0, 0.1) is 5.92 Å². The van der Waals surface area contributed by atoms with E-state index in [1.165, 1.54) is 13.8 Å². The summed E-state index contributed by atoms with van der Waals surface area (Å²) in [4.78, 5) is 89.7. The molecule has 17 heteroatoms. The van der Waals surface area contributed by atoms with Gasteiger partial charge in [0.1, 0.15) is 30.2 Å². The largest absolute Gasteiger partial charge is 0.480 e. The highest BCUT2D eigenvalue weighted by Gasteiger charge is 2.33. The van der Waals surface area contributed by atoms with Gasteiger partial charge in [-0.2, -0.15) is 0 Å². The minimum Gasteiger partial charge on any atom is -0.480 e. The van der Waals surface area contributed by atoms with Crippen LogP contribution in [0.15, 0.2) is 30.3 Å². The molecule has 1 aromatic carbocycles. The van der Waals surface area contributed by atoms with E-state index in [4.69, 9.17) is 5.73 Å². The number of nitrogens with two attached hydrogens (primary N) is 1. The molecule has 7 atom stereocenters. The normalized spacial score (nSPS) is 17.5.